The van der Waals surface area contributed by atoms with Gasteiger partial charge in [-0.05, 0) is 24.5 Å². The number of hydrogen-bond acceptors (Lipinski definition) is 5. The average Bonchev–Trinajstić information content (AvgIpc) is 2.38. The fraction of sp³-hybridized carbons (Fsp3) is 0.500. The smallest absolute Gasteiger partial charge is 0.243 e. The highest BCUT2D eigenvalue weighted by Crippen LogP contribution is 2.15. The van der Waals surface area contributed by atoms with Gasteiger partial charge >= 0.3 is 0 Å². The summed E-state index contributed by atoms with van der Waals surface area (Å²) in [7, 11) is -3.82. The van der Waals surface area contributed by atoms with E-state index in [-0.39, 0.29) is 29.2 Å². The Labute approximate surface area is 113 Å². The molecule has 0 spiro atoms. The molecular formula is C12H17N3O3S. The van der Waals surface area contributed by atoms with Gasteiger partial charge in [0.1, 0.15) is 11.0 Å². The first kappa shape index (κ1) is 15.6. The number of nitriles is 1. The maximum Gasteiger partial charge on any atom is 0.243 e. The Bertz CT molecular complexity index is 564. The summed E-state index contributed by atoms with van der Waals surface area (Å²) in [6.07, 6.45) is 1.68. The van der Waals surface area contributed by atoms with E-state index in [1.807, 2.05) is 13.8 Å². The highest BCUT2D eigenvalue weighted by atomic mass is 32.2. The number of aromatic nitrogens is 1. The SMILES string of the molecule is CC(C)C(CCO)NS(=O)(=O)c1cccnc1C#N. The molecule has 104 valence electrons. The Hall–Kier alpha value is -1.49. The van der Waals surface area contributed by atoms with Crippen molar-refractivity contribution in [1.82, 2.24) is 9.71 Å². The molecule has 0 radical (unpaired) electrons. The van der Waals surface area contributed by atoms with Crippen LogP contribution in [-0.4, -0.2) is 31.2 Å². The van der Waals surface area contributed by atoms with E-state index in [1.165, 1.54) is 18.3 Å². The quantitative estimate of drug-likeness (QED) is 0.797. The molecule has 1 rings (SSSR count). The first-order valence-corrected chi connectivity index (χ1v) is 7.39. The van der Waals surface area contributed by atoms with E-state index in [0.717, 1.165) is 0 Å². The molecule has 7 heteroatoms. The molecule has 0 bridgehead atoms. The zero-order valence-electron chi connectivity index (χ0n) is 10.9. The lowest BCUT2D eigenvalue weighted by Gasteiger charge is -2.21. The van der Waals surface area contributed by atoms with Crippen molar-refractivity contribution < 1.29 is 13.5 Å². The van der Waals surface area contributed by atoms with Crippen molar-refractivity contribution in [2.45, 2.75) is 31.2 Å². The van der Waals surface area contributed by atoms with Crippen LogP contribution in [-0.2, 0) is 10.0 Å². The largest absolute Gasteiger partial charge is 0.396 e. The van der Waals surface area contributed by atoms with Crippen molar-refractivity contribution in [2.75, 3.05) is 6.61 Å². The van der Waals surface area contributed by atoms with Crippen LogP contribution in [0.5, 0.6) is 0 Å². The van der Waals surface area contributed by atoms with Crippen LogP contribution in [0.4, 0.5) is 0 Å². The highest BCUT2D eigenvalue weighted by Gasteiger charge is 2.24. The average molecular weight is 283 g/mol. The predicted octanol–water partition coefficient (Wildman–Crippen LogP) is 0.639. The second kappa shape index (κ2) is 6.61. The second-order valence-corrected chi connectivity index (χ2v) is 6.13. The van der Waals surface area contributed by atoms with Gasteiger partial charge < -0.3 is 5.11 Å². The van der Waals surface area contributed by atoms with Crippen LogP contribution in [0.2, 0.25) is 0 Å². The molecule has 19 heavy (non-hydrogen) atoms. The lowest BCUT2D eigenvalue weighted by Crippen LogP contribution is -2.39. The molecule has 1 unspecified atom stereocenters. The van der Waals surface area contributed by atoms with Gasteiger partial charge in [0.15, 0.2) is 5.69 Å². The number of sulfonamides is 1. The predicted molar refractivity (Wildman–Crippen MR) is 69.6 cm³/mol. The lowest BCUT2D eigenvalue weighted by atomic mass is 10.0. The maximum absolute atomic E-state index is 12.2. The lowest BCUT2D eigenvalue weighted by molar-refractivity contribution is 0.256. The number of nitrogens with one attached hydrogen (secondary N) is 1. The van der Waals surface area contributed by atoms with Crippen LogP contribution in [0, 0.1) is 17.2 Å². The molecule has 0 aliphatic heterocycles. The van der Waals surface area contributed by atoms with Crippen molar-refractivity contribution in [3.63, 3.8) is 0 Å². The van der Waals surface area contributed by atoms with Crippen molar-refractivity contribution in [3.8, 4) is 6.07 Å². The summed E-state index contributed by atoms with van der Waals surface area (Å²) in [5.41, 5.74) is -0.137. The molecule has 1 heterocycles. The molecule has 0 aliphatic rings. The number of aliphatic hydroxyl groups is 1. The fourth-order valence-electron chi connectivity index (χ4n) is 1.62. The molecule has 1 aromatic rings. The van der Waals surface area contributed by atoms with Gasteiger partial charge in [0.2, 0.25) is 10.0 Å². The minimum absolute atomic E-state index is 0.0316. The van der Waals surface area contributed by atoms with Crippen LogP contribution < -0.4 is 4.72 Å². The highest BCUT2D eigenvalue weighted by molar-refractivity contribution is 7.89. The van der Waals surface area contributed by atoms with E-state index in [0.29, 0.717) is 6.42 Å². The standard InChI is InChI=1S/C12H17N3O3S/c1-9(2)10(5-7-16)15-19(17,18)12-4-3-6-14-11(12)8-13/h3-4,6,9-10,15-16H,5,7H2,1-2H3. The third-order valence-electron chi connectivity index (χ3n) is 2.72. The topological polar surface area (TPSA) is 103 Å². The van der Waals surface area contributed by atoms with Gasteiger partial charge in [0, 0.05) is 18.8 Å². The molecule has 1 aromatic heterocycles. The number of pyridine rings is 1. The first-order chi connectivity index (χ1) is 8.92. The molecule has 0 saturated carbocycles. The van der Waals surface area contributed by atoms with Crippen LogP contribution >= 0.6 is 0 Å². The van der Waals surface area contributed by atoms with E-state index in [9.17, 15) is 8.42 Å². The summed E-state index contributed by atoms with van der Waals surface area (Å²) in [6.45, 7) is 3.61. The second-order valence-electron chi connectivity index (χ2n) is 4.45. The normalized spacial score (nSPS) is 13.2. The van der Waals surface area contributed by atoms with E-state index in [4.69, 9.17) is 10.4 Å². The van der Waals surface area contributed by atoms with Gasteiger partial charge in [0.25, 0.3) is 0 Å². The van der Waals surface area contributed by atoms with Crippen LogP contribution in [0.3, 0.4) is 0 Å². The number of hydrogen-bond donors (Lipinski definition) is 2. The molecule has 0 fully saturated rings. The molecule has 2 N–H and O–H groups in total. The molecule has 0 amide bonds. The summed E-state index contributed by atoms with van der Waals surface area (Å²) >= 11 is 0. The van der Waals surface area contributed by atoms with Gasteiger partial charge in [-0.3, -0.25) is 0 Å². The molecule has 1 atom stereocenters. The van der Waals surface area contributed by atoms with Crippen LogP contribution in [0.1, 0.15) is 26.0 Å². The van der Waals surface area contributed by atoms with E-state index < -0.39 is 10.0 Å². The third-order valence-corrected chi connectivity index (χ3v) is 4.24. The van der Waals surface area contributed by atoms with E-state index in [1.54, 1.807) is 6.07 Å². The minimum Gasteiger partial charge on any atom is -0.396 e. The van der Waals surface area contributed by atoms with Gasteiger partial charge in [-0.2, -0.15) is 5.26 Å². The maximum atomic E-state index is 12.2. The Morgan fingerprint density at radius 1 is 1.53 bits per heavy atom. The van der Waals surface area contributed by atoms with E-state index in [2.05, 4.69) is 9.71 Å². The van der Waals surface area contributed by atoms with E-state index >= 15 is 0 Å². The fourth-order valence-corrected chi connectivity index (χ4v) is 3.15. The Morgan fingerprint density at radius 3 is 2.74 bits per heavy atom. The molecule has 0 aliphatic carbocycles. The summed E-state index contributed by atoms with van der Waals surface area (Å²) in [5, 5.41) is 17.8. The summed E-state index contributed by atoms with van der Waals surface area (Å²) in [6, 6.07) is 4.17. The number of aliphatic hydroxyl groups excluding tert-OH is 1. The number of rotatable bonds is 6. The van der Waals surface area contributed by atoms with Gasteiger partial charge in [-0.15, -0.1) is 0 Å². The third kappa shape index (κ3) is 3.99. The molecular weight excluding hydrogens is 266 g/mol. The summed E-state index contributed by atoms with van der Waals surface area (Å²) in [4.78, 5) is 3.59. The summed E-state index contributed by atoms with van der Waals surface area (Å²) in [5.74, 6) is 0.0316. The molecule has 0 aromatic carbocycles. The Morgan fingerprint density at radius 2 is 2.21 bits per heavy atom. The Balaban J connectivity index is 3.07. The van der Waals surface area contributed by atoms with Crippen molar-refractivity contribution in [1.29, 1.82) is 5.26 Å². The van der Waals surface area contributed by atoms with Crippen molar-refractivity contribution >= 4 is 10.0 Å². The van der Waals surface area contributed by atoms with Crippen LogP contribution in [0.25, 0.3) is 0 Å². The monoisotopic (exact) mass is 283 g/mol. The summed E-state index contributed by atoms with van der Waals surface area (Å²) < 4.78 is 26.9. The minimum atomic E-state index is -3.82. The van der Waals surface area contributed by atoms with Gasteiger partial charge in [0.05, 0.1) is 0 Å². The van der Waals surface area contributed by atoms with Crippen molar-refractivity contribution in [2.24, 2.45) is 5.92 Å². The van der Waals surface area contributed by atoms with Crippen LogP contribution in [0.15, 0.2) is 23.2 Å². The molecule has 6 nitrogen and oxygen atoms in total. The van der Waals surface area contributed by atoms with Gasteiger partial charge in [-0.25, -0.2) is 18.1 Å². The van der Waals surface area contributed by atoms with Crippen molar-refractivity contribution in [3.05, 3.63) is 24.0 Å². The van der Waals surface area contributed by atoms with Gasteiger partial charge in [-0.1, -0.05) is 13.8 Å². The Kier molecular flexibility index (Phi) is 5.42. The number of nitrogens with zero attached hydrogens (tertiary/aromatic N) is 2. The molecule has 0 saturated heterocycles. The zero-order chi connectivity index (χ0) is 14.5. The first-order valence-electron chi connectivity index (χ1n) is 5.90. The zero-order valence-corrected chi connectivity index (χ0v) is 11.7.